The summed E-state index contributed by atoms with van der Waals surface area (Å²) in [5.41, 5.74) is 0. The van der Waals surface area contributed by atoms with E-state index in [0.717, 1.165) is 37.1 Å². The minimum atomic E-state index is 0.739. The Morgan fingerprint density at radius 3 is 2.79 bits per heavy atom. The van der Waals surface area contributed by atoms with Gasteiger partial charge in [0.25, 0.3) is 0 Å². The van der Waals surface area contributed by atoms with Gasteiger partial charge in [0.1, 0.15) is 0 Å². The van der Waals surface area contributed by atoms with Gasteiger partial charge in [0.2, 0.25) is 0 Å². The molecular weight excluding hydrogens is 236 g/mol. The van der Waals surface area contributed by atoms with Crippen molar-refractivity contribution in [1.82, 2.24) is 10.2 Å². The summed E-state index contributed by atoms with van der Waals surface area (Å²) in [5.74, 6) is 1.74. The molecule has 4 atom stereocenters. The van der Waals surface area contributed by atoms with Gasteiger partial charge in [0.05, 0.1) is 6.61 Å². The second kappa shape index (κ2) is 6.55. The highest BCUT2D eigenvalue weighted by molar-refractivity contribution is 4.93. The summed E-state index contributed by atoms with van der Waals surface area (Å²) in [6.45, 7) is 4.40. The molecule has 4 unspecified atom stereocenters. The maximum absolute atomic E-state index is 5.59. The first-order chi connectivity index (χ1) is 9.31. The first kappa shape index (κ1) is 13.8. The highest BCUT2D eigenvalue weighted by Gasteiger charge is 2.35. The number of fused-ring (bicyclic) bond motifs is 1. The molecule has 1 aliphatic carbocycles. The molecule has 3 fully saturated rings. The van der Waals surface area contributed by atoms with Crippen LogP contribution in [0.4, 0.5) is 0 Å². The largest absolute Gasteiger partial charge is 0.381 e. The van der Waals surface area contributed by atoms with Crippen LogP contribution in [0.3, 0.4) is 0 Å². The van der Waals surface area contributed by atoms with Crippen molar-refractivity contribution in [2.24, 2.45) is 11.8 Å². The third kappa shape index (κ3) is 3.71. The molecular formula is C16H30N2O. The molecule has 0 spiro atoms. The van der Waals surface area contributed by atoms with E-state index in [0.29, 0.717) is 0 Å². The molecule has 2 aliphatic heterocycles. The Balaban J connectivity index is 1.41. The average molecular weight is 266 g/mol. The third-order valence-electron chi connectivity index (χ3n) is 5.30. The van der Waals surface area contributed by atoms with Crippen LogP contribution in [0, 0.1) is 11.8 Å². The molecule has 0 aromatic rings. The summed E-state index contributed by atoms with van der Waals surface area (Å²) < 4.78 is 5.59. The van der Waals surface area contributed by atoms with E-state index in [4.69, 9.17) is 4.74 Å². The normalized spacial score (nSPS) is 39.5. The SMILES string of the molecule is CN(CC1CCCOC1)CC1CC2CCCCC2N1. The predicted octanol–water partition coefficient (Wildman–Crippen LogP) is 2.27. The van der Waals surface area contributed by atoms with Crippen LogP contribution in [0.1, 0.15) is 44.9 Å². The zero-order valence-electron chi connectivity index (χ0n) is 12.4. The minimum Gasteiger partial charge on any atom is -0.381 e. The van der Waals surface area contributed by atoms with Crippen molar-refractivity contribution in [2.45, 2.75) is 57.0 Å². The van der Waals surface area contributed by atoms with Crippen molar-refractivity contribution in [3.8, 4) is 0 Å². The second-order valence-corrected chi connectivity index (χ2v) is 7.05. The van der Waals surface area contributed by atoms with Gasteiger partial charge >= 0.3 is 0 Å². The first-order valence-corrected chi connectivity index (χ1v) is 8.33. The van der Waals surface area contributed by atoms with Gasteiger partial charge in [-0.1, -0.05) is 12.8 Å². The van der Waals surface area contributed by atoms with Crippen molar-refractivity contribution in [3.05, 3.63) is 0 Å². The molecule has 3 nitrogen and oxygen atoms in total. The number of hydrogen-bond acceptors (Lipinski definition) is 3. The van der Waals surface area contributed by atoms with E-state index in [1.165, 1.54) is 58.0 Å². The Morgan fingerprint density at radius 1 is 1.11 bits per heavy atom. The van der Waals surface area contributed by atoms with Crippen LogP contribution in [0.2, 0.25) is 0 Å². The van der Waals surface area contributed by atoms with Gasteiger partial charge in [0.15, 0.2) is 0 Å². The van der Waals surface area contributed by atoms with Gasteiger partial charge in [-0.3, -0.25) is 0 Å². The van der Waals surface area contributed by atoms with Crippen molar-refractivity contribution >= 4 is 0 Å². The molecule has 1 N–H and O–H groups in total. The lowest BCUT2D eigenvalue weighted by molar-refractivity contribution is 0.0411. The molecule has 1 saturated carbocycles. The molecule has 0 amide bonds. The summed E-state index contributed by atoms with van der Waals surface area (Å²) in [5, 5.41) is 3.89. The Labute approximate surface area is 118 Å². The van der Waals surface area contributed by atoms with E-state index in [-0.39, 0.29) is 0 Å². The molecule has 3 aliphatic rings. The Kier molecular flexibility index (Phi) is 4.78. The molecule has 0 bridgehead atoms. The standard InChI is InChI=1S/C16H30N2O/c1-18(10-13-5-4-8-19-12-13)11-15-9-14-6-2-3-7-16(14)17-15/h13-17H,2-12H2,1H3. The van der Waals surface area contributed by atoms with Crippen molar-refractivity contribution < 1.29 is 4.74 Å². The fraction of sp³-hybridized carbons (Fsp3) is 1.00. The second-order valence-electron chi connectivity index (χ2n) is 7.05. The number of nitrogens with one attached hydrogen (secondary N) is 1. The Bertz CT molecular complexity index is 264. The molecule has 0 aromatic heterocycles. The fourth-order valence-corrected chi connectivity index (χ4v) is 4.42. The monoisotopic (exact) mass is 266 g/mol. The zero-order chi connectivity index (χ0) is 13.1. The summed E-state index contributed by atoms with van der Waals surface area (Å²) in [6.07, 6.45) is 9.81. The quantitative estimate of drug-likeness (QED) is 0.845. The molecule has 110 valence electrons. The predicted molar refractivity (Wildman–Crippen MR) is 78.3 cm³/mol. The molecule has 0 aromatic carbocycles. The van der Waals surface area contributed by atoms with Gasteiger partial charge < -0.3 is 15.0 Å². The van der Waals surface area contributed by atoms with Crippen LogP contribution in [0.5, 0.6) is 0 Å². The Morgan fingerprint density at radius 2 is 2.00 bits per heavy atom. The maximum Gasteiger partial charge on any atom is 0.0506 e. The molecule has 2 heterocycles. The van der Waals surface area contributed by atoms with Crippen molar-refractivity contribution in [1.29, 1.82) is 0 Å². The van der Waals surface area contributed by atoms with E-state index >= 15 is 0 Å². The van der Waals surface area contributed by atoms with Crippen molar-refractivity contribution in [2.75, 3.05) is 33.4 Å². The van der Waals surface area contributed by atoms with Crippen LogP contribution < -0.4 is 5.32 Å². The molecule has 2 saturated heterocycles. The summed E-state index contributed by atoms with van der Waals surface area (Å²) in [4.78, 5) is 2.54. The average Bonchev–Trinajstić information content (AvgIpc) is 2.81. The molecule has 0 radical (unpaired) electrons. The van der Waals surface area contributed by atoms with Gasteiger partial charge in [-0.25, -0.2) is 0 Å². The van der Waals surface area contributed by atoms with Crippen LogP contribution in [0.15, 0.2) is 0 Å². The molecule has 19 heavy (non-hydrogen) atoms. The fourth-order valence-electron chi connectivity index (χ4n) is 4.42. The lowest BCUT2D eigenvalue weighted by atomic mass is 9.85. The summed E-state index contributed by atoms with van der Waals surface area (Å²) in [7, 11) is 2.29. The molecule has 3 heteroatoms. The smallest absolute Gasteiger partial charge is 0.0506 e. The highest BCUT2D eigenvalue weighted by Crippen LogP contribution is 2.33. The number of nitrogens with zero attached hydrogens (tertiary/aromatic N) is 1. The highest BCUT2D eigenvalue weighted by atomic mass is 16.5. The van der Waals surface area contributed by atoms with Gasteiger partial charge in [-0.2, -0.15) is 0 Å². The van der Waals surface area contributed by atoms with E-state index in [2.05, 4.69) is 17.3 Å². The maximum atomic E-state index is 5.59. The Hall–Kier alpha value is -0.120. The van der Waals surface area contributed by atoms with Crippen LogP contribution >= 0.6 is 0 Å². The van der Waals surface area contributed by atoms with Gasteiger partial charge in [0, 0.05) is 31.8 Å². The summed E-state index contributed by atoms with van der Waals surface area (Å²) >= 11 is 0. The van der Waals surface area contributed by atoms with E-state index < -0.39 is 0 Å². The van der Waals surface area contributed by atoms with Crippen LogP contribution in [-0.4, -0.2) is 50.3 Å². The number of ether oxygens (including phenoxy) is 1. The zero-order valence-corrected chi connectivity index (χ0v) is 12.4. The van der Waals surface area contributed by atoms with E-state index in [1.807, 2.05) is 0 Å². The third-order valence-corrected chi connectivity index (χ3v) is 5.30. The van der Waals surface area contributed by atoms with Crippen molar-refractivity contribution in [3.63, 3.8) is 0 Å². The first-order valence-electron chi connectivity index (χ1n) is 8.33. The van der Waals surface area contributed by atoms with Crippen LogP contribution in [0.25, 0.3) is 0 Å². The lowest BCUT2D eigenvalue weighted by Gasteiger charge is -2.28. The van der Waals surface area contributed by atoms with Gasteiger partial charge in [-0.15, -0.1) is 0 Å². The summed E-state index contributed by atoms with van der Waals surface area (Å²) in [6, 6.07) is 1.58. The van der Waals surface area contributed by atoms with Gasteiger partial charge in [-0.05, 0) is 51.0 Å². The molecule has 3 rings (SSSR count). The minimum absolute atomic E-state index is 0.739. The van der Waals surface area contributed by atoms with E-state index in [1.54, 1.807) is 0 Å². The van der Waals surface area contributed by atoms with Crippen LogP contribution in [-0.2, 0) is 4.74 Å². The topological polar surface area (TPSA) is 24.5 Å². The number of likely N-dealkylation sites (N-methyl/N-ethyl adjacent to an activating group) is 1. The van der Waals surface area contributed by atoms with E-state index in [9.17, 15) is 0 Å². The number of hydrogen-bond donors (Lipinski definition) is 1. The lowest BCUT2D eigenvalue weighted by Crippen LogP contribution is -2.41. The number of rotatable bonds is 4.